The number of amides is 2. The van der Waals surface area contributed by atoms with Crippen molar-refractivity contribution in [1.29, 1.82) is 0 Å². The average Bonchev–Trinajstić information content (AvgIpc) is 2.74. The predicted molar refractivity (Wildman–Crippen MR) is 110 cm³/mol. The molecular weight excluding hydrogens is 350 g/mol. The summed E-state index contributed by atoms with van der Waals surface area (Å²) >= 11 is 0. The minimum atomic E-state index is -0.170. The third-order valence-electron chi connectivity index (χ3n) is 7.11. The van der Waals surface area contributed by atoms with Gasteiger partial charge in [0.1, 0.15) is 0 Å². The lowest BCUT2D eigenvalue weighted by molar-refractivity contribution is -0.141. The summed E-state index contributed by atoms with van der Waals surface area (Å²) in [5.74, 6) is 0.636. The van der Waals surface area contributed by atoms with Gasteiger partial charge >= 0.3 is 0 Å². The number of hydrogen-bond acceptors (Lipinski definition) is 3. The highest BCUT2D eigenvalue weighted by Crippen LogP contribution is 2.36. The number of nitrogens with one attached hydrogen (secondary N) is 1. The fourth-order valence-corrected chi connectivity index (χ4v) is 5.60. The molecule has 0 bridgehead atoms. The van der Waals surface area contributed by atoms with E-state index in [4.69, 9.17) is 0 Å². The molecule has 0 saturated carbocycles. The van der Waals surface area contributed by atoms with Crippen LogP contribution in [0.3, 0.4) is 0 Å². The van der Waals surface area contributed by atoms with Crippen LogP contribution in [0.4, 0.5) is 0 Å². The van der Waals surface area contributed by atoms with Crippen molar-refractivity contribution in [2.45, 2.75) is 57.0 Å². The molecule has 3 fully saturated rings. The normalized spacial score (nSPS) is 31.3. The Labute approximate surface area is 168 Å². The lowest BCUT2D eigenvalue weighted by Crippen LogP contribution is -2.52. The van der Waals surface area contributed by atoms with Crippen LogP contribution in [-0.4, -0.2) is 54.3 Å². The number of piperidine rings is 3. The Balaban J connectivity index is 1.43. The molecule has 3 saturated heterocycles. The molecule has 0 radical (unpaired) electrons. The minimum Gasteiger partial charge on any atom is -0.355 e. The zero-order valence-corrected chi connectivity index (χ0v) is 17.0. The molecule has 3 heterocycles. The number of carbonyl (C=O) groups excluding carboxylic acids is 2. The van der Waals surface area contributed by atoms with E-state index in [0.29, 0.717) is 24.8 Å². The molecule has 4 atom stereocenters. The zero-order chi connectivity index (χ0) is 19.5. The highest BCUT2D eigenvalue weighted by atomic mass is 16.2. The summed E-state index contributed by atoms with van der Waals surface area (Å²) in [6.07, 6.45) is 7.45. The van der Waals surface area contributed by atoms with E-state index in [0.717, 1.165) is 12.1 Å². The van der Waals surface area contributed by atoms with Crippen LogP contribution in [0, 0.1) is 11.8 Å². The molecule has 5 nitrogen and oxygen atoms in total. The van der Waals surface area contributed by atoms with Gasteiger partial charge in [-0.3, -0.25) is 9.59 Å². The van der Waals surface area contributed by atoms with Gasteiger partial charge in [0, 0.05) is 26.1 Å². The van der Waals surface area contributed by atoms with Crippen LogP contribution >= 0.6 is 0 Å². The third-order valence-corrected chi connectivity index (χ3v) is 7.11. The maximum Gasteiger partial charge on any atom is 0.225 e. The van der Waals surface area contributed by atoms with Gasteiger partial charge in [-0.25, -0.2) is 0 Å². The van der Waals surface area contributed by atoms with Crippen molar-refractivity contribution in [3.05, 3.63) is 35.9 Å². The molecule has 0 aliphatic carbocycles. The van der Waals surface area contributed by atoms with Crippen molar-refractivity contribution in [3.8, 4) is 0 Å². The van der Waals surface area contributed by atoms with Gasteiger partial charge in [-0.05, 0) is 56.7 Å². The summed E-state index contributed by atoms with van der Waals surface area (Å²) in [4.78, 5) is 29.9. The molecule has 4 rings (SSSR count). The molecule has 0 aromatic heterocycles. The maximum atomic E-state index is 13.2. The van der Waals surface area contributed by atoms with Gasteiger partial charge in [0.05, 0.1) is 12.0 Å². The van der Waals surface area contributed by atoms with Crippen LogP contribution in [0.5, 0.6) is 0 Å². The summed E-state index contributed by atoms with van der Waals surface area (Å²) in [6.45, 7) is 3.22. The maximum absolute atomic E-state index is 13.2. The molecule has 1 aromatic carbocycles. The van der Waals surface area contributed by atoms with E-state index in [2.05, 4.69) is 10.2 Å². The second-order valence-corrected chi connectivity index (χ2v) is 8.75. The summed E-state index contributed by atoms with van der Waals surface area (Å²) in [6, 6.07) is 10.5. The predicted octanol–water partition coefficient (Wildman–Crippen LogP) is 2.98. The van der Waals surface area contributed by atoms with E-state index in [-0.39, 0.29) is 23.8 Å². The Morgan fingerprint density at radius 2 is 1.86 bits per heavy atom. The van der Waals surface area contributed by atoms with Crippen molar-refractivity contribution in [3.63, 3.8) is 0 Å². The summed E-state index contributed by atoms with van der Waals surface area (Å²) in [5.41, 5.74) is 1.05. The van der Waals surface area contributed by atoms with Gasteiger partial charge in [-0.2, -0.15) is 0 Å². The number of benzene rings is 1. The van der Waals surface area contributed by atoms with E-state index < -0.39 is 0 Å². The van der Waals surface area contributed by atoms with Crippen LogP contribution in [0.2, 0.25) is 0 Å². The van der Waals surface area contributed by atoms with Crippen LogP contribution in [0.1, 0.15) is 56.6 Å². The standard InChI is InChI=1S/C23H33N3O2/c1-25-21(27)13-12-19(22(25)17-8-3-2-4-9-17)23(28)24-16-18-10-7-15-26-14-6-5-11-20(18)26/h2-4,8-9,18-20,22H,5-7,10-16H2,1H3,(H,24,28)/t18-,19-,20+,22+/m0/s1. The Bertz CT molecular complexity index is 690. The van der Waals surface area contributed by atoms with Gasteiger partial charge in [0.25, 0.3) is 0 Å². The van der Waals surface area contributed by atoms with Crippen molar-refractivity contribution >= 4 is 11.8 Å². The van der Waals surface area contributed by atoms with E-state index in [1.54, 1.807) is 4.90 Å². The van der Waals surface area contributed by atoms with E-state index in [1.165, 1.54) is 45.2 Å². The molecule has 0 unspecified atom stereocenters. The number of likely N-dealkylation sites (tertiary alicyclic amines) is 1. The smallest absolute Gasteiger partial charge is 0.225 e. The Kier molecular flexibility index (Phi) is 6.00. The highest BCUT2D eigenvalue weighted by Gasteiger charge is 2.39. The monoisotopic (exact) mass is 383 g/mol. The molecule has 3 aliphatic rings. The quantitative estimate of drug-likeness (QED) is 0.870. The summed E-state index contributed by atoms with van der Waals surface area (Å²) in [5, 5.41) is 3.29. The second-order valence-electron chi connectivity index (χ2n) is 8.75. The first-order valence-corrected chi connectivity index (χ1v) is 11.0. The average molecular weight is 384 g/mol. The van der Waals surface area contributed by atoms with Gasteiger partial charge in [-0.15, -0.1) is 0 Å². The first-order chi connectivity index (χ1) is 13.6. The van der Waals surface area contributed by atoms with Crippen molar-refractivity contribution < 1.29 is 9.59 Å². The van der Waals surface area contributed by atoms with Crippen molar-refractivity contribution in [1.82, 2.24) is 15.1 Å². The van der Waals surface area contributed by atoms with Crippen LogP contribution < -0.4 is 5.32 Å². The van der Waals surface area contributed by atoms with Gasteiger partial charge < -0.3 is 15.1 Å². The second kappa shape index (κ2) is 8.64. The molecule has 2 amide bonds. The number of fused-ring (bicyclic) bond motifs is 1. The number of nitrogens with zero attached hydrogens (tertiary/aromatic N) is 2. The highest BCUT2D eigenvalue weighted by molar-refractivity contribution is 5.84. The Morgan fingerprint density at radius 1 is 1.07 bits per heavy atom. The first-order valence-electron chi connectivity index (χ1n) is 11.0. The molecule has 152 valence electrons. The fraction of sp³-hybridized carbons (Fsp3) is 0.652. The van der Waals surface area contributed by atoms with E-state index in [9.17, 15) is 9.59 Å². The SMILES string of the molecule is CN1C(=O)CC[C@H](C(=O)NC[C@@H]2CCCN3CCCC[C@H]23)[C@H]1c1ccccc1. The topological polar surface area (TPSA) is 52.7 Å². The molecule has 3 aliphatic heterocycles. The molecule has 28 heavy (non-hydrogen) atoms. The number of hydrogen-bond donors (Lipinski definition) is 1. The van der Waals surface area contributed by atoms with Gasteiger partial charge in [0.15, 0.2) is 0 Å². The zero-order valence-electron chi connectivity index (χ0n) is 17.0. The third kappa shape index (κ3) is 3.95. The molecule has 1 N–H and O–H groups in total. The minimum absolute atomic E-state index is 0.112. The van der Waals surface area contributed by atoms with Crippen LogP contribution in [-0.2, 0) is 9.59 Å². The van der Waals surface area contributed by atoms with Crippen LogP contribution in [0.15, 0.2) is 30.3 Å². The summed E-state index contributed by atoms with van der Waals surface area (Å²) < 4.78 is 0. The first kappa shape index (κ1) is 19.4. The van der Waals surface area contributed by atoms with E-state index >= 15 is 0 Å². The fourth-order valence-electron chi connectivity index (χ4n) is 5.60. The number of rotatable bonds is 4. The largest absolute Gasteiger partial charge is 0.355 e. The molecule has 0 spiro atoms. The molecule has 5 heteroatoms. The molecule has 1 aromatic rings. The summed E-state index contributed by atoms with van der Waals surface area (Å²) in [7, 11) is 1.83. The van der Waals surface area contributed by atoms with Crippen molar-refractivity contribution in [2.24, 2.45) is 11.8 Å². The van der Waals surface area contributed by atoms with E-state index in [1.807, 2.05) is 37.4 Å². The Morgan fingerprint density at radius 3 is 2.68 bits per heavy atom. The van der Waals surface area contributed by atoms with Crippen LogP contribution in [0.25, 0.3) is 0 Å². The van der Waals surface area contributed by atoms with Gasteiger partial charge in [-0.1, -0.05) is 36.8 Å². The molecular formula is C23H33N3O2. The lowest BCUT2D eigenvalue weighted by atomic mass is 9.82. The Hall–Kier alpha value is -1.88. The van der Waals surface area contributed by atoms with Gasteiger partial charge in [0.2, 0.25) is 11.8 Å². The number of carbonyl (C=O) groups is 2. The van der Waals surface area contributed by atoms with Crippen molar-refractivity contribution in [2.75, 3.05) is 26.7 Å². The lowest BCUT2D eigenvalue weighted by Gasteiger charge is -2.44.